The van der Waals surface area contributed by atoms with E-state index in [1.54, 1.807) is 13.0 Å². The number of halogens is 2. The average molecular weight is 484 g/mol. The molecular formula is C23H31Cl2N3O4. The molecule has 0 aliphatic carbocycles. The summed E-state index contributed by atoms with van der Waals surface area (Å²) in [5, 5.41) is 1.17. The Hall–Kier alpha value is -1.99. The van der Waals surface area contributed by atoms with Gasteiger partial charge in [-0.05, 0) is 39.0 Å². The average Bonchev–Trinajstić information content (AvgIpc) is 2.64. The number of ketones is 1. The highest BCUT2D eigenvalue weighted by Gasteiger charge is 2.38. The lowest BCUT2D eigenvalue weighted by Gasteiger charge is -2.39. The van der Waals surface area contributed by atoms with Gasteiger partial charge in [0.25, 0.3) is 0 Å². The fraction of sp³-hybridized carbons (Fsp3) is 0.609. The summed E-state index contributed by atoms with van der Waals surface area (Å²) in [4.78, 5) is 43.0. The highest BCUT2D eigenvalue weighted by atomic mass is 35.5. The van der Waals surface area contributed by atoms with Crippen LogP contribution < -0.4 is 4.90 Å². The van der Waals surface area contributed by atoms with Gasteiger partial charge in [-0.15, -0.1) is 0 Å². The third-order valence-corrected chi connectivity index (χ3v) is 6.16. The molecule has 0 radical (unpaired) electrons. The molecule has 0 aromatic heterocycles. The molecule has 2 heterocycles. The van der Waals surface area contributed by atoms with Crippen LogP contribution in [-0.4, -0.2) is 72.5 Å². The molecule has 9 heteroatoms. The number of carbonyl (C=O) groups is 3. The molecule has 1 aromatic rings. The smallest absolute Gasteiger partial charge is 0.410 e. The zero-order chi connectivity index (χ0) is 23.6. The quantitative estimate of drug-likeness (QED) is 0.630. The molecule has 2 saturated heterocycles. The SMILES string of the molecule is CC(CC(=O)C1CN(C(=O)OC(C)(C)C)C1)C(=O)N1CCN(c2cc(Cl)cc(Cl)c2)CC1. The number of Topliss-reactive ketones (excluding diaryl/α,β-unsaturated/α-hetero) is 1. The van der Waals surface area contributed by atoms with Gasteiger partial charge in [-0.25, -0.2) is 4.79 Å². The van der Waals surface area contributed by atoms with Crippen LogP contribution in [0, 0.1) is 11.8 Å². The molecule has 0 bridgehead atoms. The van der Waals surface area contributed by atoms with E-state index in [-0.39, 0.29) is 29.9 Å². The first-order valence-electron chi connectivity index (χ1n) is 10.9. The molecule has 1 aromatic carbocycles. The molecule has 2 aliphatic rings. The van der Waals surface area contributed by atoms with Crippen molar-refractivity contribution in [3.05, 3.63) is 28.2 Å². The fourth-order valence-corrected chi connectivity index (χ4v) is 4.45. The maximum atomic E-state index is 12.9. The third kappa shape index (κ3) is 6.29. The topological polar surface area (TPSA) is 70.2 Å². The molecule has 2 fully saturated rings. The minimum absolute atomic E-state index is 0.00884. The number of carbonyl (C=O) groups excluding carboxylic acids is 3. The lowest BCUT2D eigenvalue weighted by Crippen LogP contribution is -2.55. The van der Waals surface area contributed by atoms with Gasteiger partial charge in [0, 0.05) is 67.3 Å². The van der Waals surface area contributed by atoms with Gasteiger partial charge in [0.15, 0.2) is 0 Å². The van der Waals surface area contributed by atoms with E-state index in [0.717, 1.165) is 5.69 Å². The van der Waals surface area contributed by atoms with Crippen LogP contribution in [0.25, 0.3) is 0 Å². The summed E-state index contributed by atoms with van der Waals surface area (Å²) in [7, 11) is 0. The molecule has 0 saturated carbocycles. The van der Waals surface area contributed by atoms with Crippen molar-refractivity contribution >= 4 is 46.7 Å². The van der Waals surface area contributed by atoms with E-state index < -0.39 is 11.7 Å². The molecule has 7 nitrogen and oxygen atoms in total. The van der Waals surface area contributed by atoms with Crippen molar-refractivity contribution < 1.29 is 19.1 Å². The summed E-state index contributed by atoms with van der Waals surface area (Å²) in [6.45, 7) is 10.5. The van der Waals surface area contributed by atoms with E-state index in [2.05, 4.69) is 4.90 Å². The van der Waals surface area contributed by atoms with Crippen LogP contribution in [-0.2, 0) is 14.3 Å². The number of benzene rings is 1. The molecule has 32 heavy (non-hydrogen) atoms. The Morgan fingerprint density at radius 3 is 2.09 bits per heavy atom. The fourth-order valence-electron chi connectivity index (χ4n) is 3.93. The number of anilines is 1. The van der Waals surface area contributed by atoms with Gasteiger partial charge < -0.3 is 19.4 Å². The predicted molar refractivity (Wildman–Crippen MR) is 125 cm³/mol. The minimum Gasteiger partial charge on any atom is -0.444 e. The standard InChI is InChI=1S/C23H31Cl2N3O4/c1-15(9-20(29)16-13-28(14-16)22(31)32-23(2,3)4)21(30)27-7-5-26(6-8-27)19-11-17(24)10-18(25)12-19/h10-12,15-16H,5-9,13-14H2,1-4H3. The lowest BCUT2D eigenvalue weighted by molar-refractivity contribution is -0.139. The van der Waals surface area contributed by atoms with Gasteiger partial charge >= 0.3 is 6.09 Å². The van der Waals surface area contributed by atoms with Crippen LogP contribution >= 0.6 is 23.2 Å². The van der Waals surface area contributed by atoms with Crippen LogP contribution in [0.2, 0.25) is 10.0 Å². The van der Waals surface area contributed by atoms with E-state index >= 15 is 0 Å². The molecule has 1 atom stereocenters. The van der Waals surface area contributed by atoms with Crippen molar-refractivity contribution in [3.63, 3.8) is 0 Å². The second-order valence-corrected chi connectivity index (χ2v) is 10.5. The summed E-state index contributed by atoms with van der Waals surface area (Å²) in [6, 6.07) is 5.43. The summed E-state index contributed by atoms with van der Waals surface area (Å²) in [5.74, 6) is -0.587. The van der Waals surface area contributed by atoms with E-state index in [9.17, 15) is 14.4 Å². The number of rotatable bonds is 5. The molecule has 1 unspecified atom stereocenters. The van der Waals surface area contributed by atoms with Crippen molar-refractivity contribution in [1.29, 1.82) is 0 Å². The van der Waals surface area contributed by atoms with E-state index in [4.69, 9.17) is 27.9 Å². The van der Waals surface area contributed by atoms with Gasteiger partial charge in [-0.2, -0.15) is 0 Å². The van der Waals surface area contributed by atoms with Crippen LogP contribution in [0.5, 0.6) is 0 Å². The Kier molecular flexibility index (Phi) is 7.61. The number of hydrogen-bond donors (Lipinski definition) is 0. The van der Waals surface area contributed by atoms with Crippen LogP contribution in [0.3, 0.4) is 0 Å². The van der Waals surface area contributed by atoms with Gasteiger partial charge in [-0.3, -0.25) is 9.59 Å². The van der Waals surface area contributed by atoms with Crippen molar-refractivity contribution in [3.8, 4) is 0 Å². The van der Waals surface area contributed by atoms with Gasteiger partial charge in [0.1, 0.15) is 11.4 Å². The normalized spacial score (nSPS) is 18.2. The minimum atomic E-state index is -0.559. The van der Waals surface area contributed by atoms with Crippen molar-refractivity contribution in [1.82, 2.24) is 9.80 Å². The number of likely N-dealkylation sites (tertiary alicyclic amines) is 1. The lowest BCUT2D eigenvalue weighted by atomic mass is 9.89. The number of hydrogen-bond acceptors (Lipinski definition) is 5. The molecule has 2 aliphatic heterocycles. The van der Waals surface area contributed by atoms with Gasteiger partial charge in [-0.1, -0.05) is 30.1 Å². The molecule has 2 amide bonds. The zero-order valence-corrected chi connectivity index (χ0v) is 20.6. The Morgan fingerprint density at radius 1 is 1.00 bits per heavy atom. The third-order valence-electron chi connectivity index (χ3n) is 5.72. The maximum absolute atomic E-state index is 12.9. The first-order chi connectivity index (χ1) is 14.9. The number of piperazine rings is 1. The van der Waals surface area contributed by atoms with Crippen LogP contribution in [0.1, 0.15) is 34.1 Å². The second kappa shape index (κ2) is 9.87. The van der Waals surface area contributed by atoms with Crippen molar-refractivity contribution in [2.24, 2.45) is 11.8 Å². The van der Waals surface area contributed by atoms with E-state index in [1.165, 1.54) is 4.90 Å². The maximum Gasteiger partial charge on any atom is 0.410 e. The van der Waals surface area contributed by atoms with Crippen molar-refractivity contribution in [2.45, 2.75) is 39.7 Å². The molecule has 176 valence electrons. The molecular weight excluding hydrogens is 453 g/mol. The zero-order valence-electron chi connectivity index (χ0n) is 19.1. The number of amides is 2. The first-order valence-corrected chi connectivity index (χ1v) is 11.7. The largest absolute Gasteiger partial charge is 0.444 e. The molecule has 0 spiro atoms. The van der Waals surface area contributed by atoms with Crippen molar-refractivity contribution in [2.75, 3.05) is 44.2 Å². The predicted octanol–water partition coefficient (Wildman–Crippen LogP) is 4.10. The summed E-state index contributed by atoms with van der Waals surface area (Å²) < 4.78 is 5.32. The molecule has 3 rings (SSSR count). The Balaban J connectivity index is 1.43. The van der Waals surface area contributed by atoms with Gasteiger partial charge in [0.05, 0.1) is 5.92 Å². The van der Waals surface area contributed by atoms with Gasteiger partial charge in [0.2, 0.25) is 5.91 Å². The monoisotopic (exact) mass is 483 g/mol. The Labute approximate surface area is 199 Å². The summed E-state index contributed by atoms with van der Waals surface area (Å²) >= 11 is 12.2. The van der Waals surface area contributed by atoms with Crippen LogP contribution in [0.4, 0.5) is 10.5 Å². The number of ether oxygens (including phenoxy) is 1. The first kappa shape index (κ1) is 24.6. The Bertz CT molecular complexity index is 852. The van der Waals surface area contributed by atoms with Crippen LogP contribution in [0.15, 0.2) is 18.2 Å². The Morgan fingerprint density at radius 2 is 1.56 bits per heavy atom. The van der Waals surface area contributed by atoms with E-state index in [1.807, 2.05) is 37.8 Å². The number of nitrogens with zero attached hydrogens (tertiary/aromatic N) is 3. The highest BCUT2D eigenvalue weighted by Crippen LogP contribution is 2.27. The summed E-state index contributed by atoms with van der Waals surface area (Å²) in [5.41, 5.74) is 0.383. The highest BCUT2D eigenvalue weighted by molar-refractivity contribution is 6.35. The second-order valence-electron chi connectivity index (χ2n) is 9.59. The van der Waals surface area contributed by atoms with E-state index in [0.29, 0.717) is 49.3 Å². The summed E-state index contributed by atoms with van der Waals surface area (Å²) in [6.07, 6.45) is -0.208. The molecule has 0 N–H and O–H groups in total.